The van der Waals surface area contributed by atoms with Gasteiger partial charge in [-0.1, -0.05) is 35.9 Å². The van der Waals surface area contributed by atoms with Crippen LogP contribution in [-0.2, 0) is 57.7 Å². The summed E-state index contributed by atoms with van der Waals surface area (Å²) in [6.45, 7) is 43.1. The van der Waals surface area contributed by atoms with Crippen molar-refractivity contribution in [3.63, 3.8) is 0 Å². The first-order valence-corrected chi connectivity index (χ1v) is 29.5. The summed E-state index contributed by atoms with van der Waals surface area (Å²) >= 11 is 6.78. The van der Waals surface area contributed by atoms with Crippen LogP contribution >= 0.6 is 11.6 Å². The van der Waals surface area contributed by atoms with Crippen molar-refractivity contribution in [1.82, 2.24) is 28.7 Å². The Morgan fingerprint density at radius 1 is 0.488 bits per heavy atom. The number of aliphatic carboxylic acids is 1. The molecule has 0 spiro atoms. The molecule has 18 heteroatoms. The fourth-order valence-electron chi connectivity index (χ4n) is 11.2. The van der Waals surface area contributed by atoms with Crippen molar-refractivity contribution in [2.45, 2.75) is 200 Å². The van der Waals surface area contributed by atoms with Gasteiger partial charge in [-0.15, -0.1) is 0 Å². The summed E-state index contributed by atoms with van der Waals surface area (Å²) in [5, 5.41) is 13.3. The molecule has 0 fully saturated rings. The summed E-state index contributed by atoms with van der Waals surface area (Å²) in [7, 11) is 2.70. The average Bonchev–Trinajstić information content (AvgIpc) is 1.57. The number of benzene rings is 2. The standard InChI is InChI=1S/C25H31FN2O3.C24H29FN2O3.C19H27ClN2O3/c1-9-28-16(4)14(2)19-21(17-10-12-18(26)13-11-17)20(15(3)27-23(19)28)22(24(29)30-8)31-25(5,6)7;1-8-27-15(4)13(2)18-20(16-9-11-17(25)12-10-16)19(14(3)26-22(18)27)21(23(28)29)30-24(5,6)7;1-9-22-12(4)10(2)13-15(20)14(11(3)21-17(13)22)16(18(23)24-8)25-19(5,6)7/h10-13,22H,9H2,1-8H3;9-12,21H,8H2,1-7H3,(H,28,29);16H,9H2,1-8H3. The Balaban J connectivity index is 0.000000208. The second-order valence-corrected chi connectivity index (χ2v) is 25.0. The molecule has 464 valence electrons. The third kappa shape index (κ3) is 14.0. The molecule has 3 unspecified atom stereocenters. The lowest BCUT2D eigenvalue weighted by atomic mass is 9.91. The molecule has 0 radical (unpaired) electrons. The van der Waals surface area contributed by atoms with Crippen molar-refractivity contribution in [2.24, 2.45) is 0 Å². The number of rotatable bonds is 14. The van der Waals surface area contributed by atoms with Gasteiger partial charge in [-0.2, -0.15) is 0 Å². The maximum atomic E-state index is 13.7. The number of esters is 2. The van der Waals surface area contributed by atoms with Gasteiger partial charge >= 0.3 is 17.9 Å². The Hall–Kier alpha value is -7.05. The predicted octanol–water partition coefficient (Wildman–Crippen LogP) is 16.2. The molecular weight excluding hydrogens is 1120 g/mol. The van der Waals surface area contributed by atoms with Crippen LogP contribution in [0.25, 0.3) is 55.4 Å². The van der Waals surface area contributed by atoms with E-state index in [1.807, 2.05) is 96.9 Å². The largest absolute Gasteiger partial charge is 0.479 e. The topological polar surface area (TPSA) is 171 Å². The number of ether oxygens (including phenoxy) is 5. The average molecular weight is 1210 g/mol. The first kappa shape index (κ1) is 68.1. The number of pyridine rings is 3. The second kappa shape index (κ2) is 26.5. The van der Waals surface area contributed by atoms with Crippen molar-refractivity contribution >= 4 is 62.6 Å². The number of carboxylic acids is 1. The molecule has 6 aromatic heterocycles. The minimum absolute atomic E-state index is 0.318. The number of nitrogens with zero attached hydrogens (tertiary/aromatic N) is 6. The van der Waals surface area contributed by atoms with Crippen LogP contribution in [0.2, 0.25) is 5.02 Å². The monoisotopic (exact) mass is 1200 g/mol. The molecule has 0 saturated heterocycles. The number of carbonyl (C=O) groups is 3. The lowest BCUT2D eigenvalue weighted by Gasteiger charge is -2.28. The van der Waals surface area contributed by atoms with Gasteiger partial charge in [0.15, 0.2) is 18.3 Å². The molecule has 0 aliphatic heterocycles. The Kier molecular flexibility index (Phi) is 21.0. The Morgan fingerprint density at radius 3 is 1.07 bits per heavy atom. The van der Waals surface area contributed by atoms with E-state index >= 15 is 0 Å². The van der Waals surface area contributed by atoms with Crippen molar-refractivity contribution in [3.8, 4) is 22.3 Å². The first-order chi connectivity index (χ1) is 40.0. The lowest BCUT2D eigenvalue weighted by molar-refractivity contribution is -0.164. The van der Waals surface area contributed by atoms with Crippen molar-refractivity contribution in [2.75, 3.05) is 14.2 Å². The summed E-state index contributed by atoms with van der Waals surface area (Å²) in [4.78, 5) is 52.1. The quantitative estimate of drug-likeness (QED) is 0.102. The van der Waals surface area contributed by atoms with E-state index in [4.69, 9.17) is 50.2 Å². The van der Waals surface area contributed by atoms with E-state index in [9.17, 15) is 28.3 Å². The molecule has 1 N–H and O–H groups in total. The molecule has 8 aromatic rings. The van der Waals surface area contributed by atoms with Crippen molar-refractivity contribution in [1.29, 1.82) is 0 Å². The Bertz CT molecular complexity index is 3840. The van der Waals surface area contributed by atoms with Crippen molar-refractivity contribution < 1.29 is 52.0 Å². The van der Waals surface area contributed by atoms with Crippen LogP contribution < -0.4 is 0 Å². The number of carbonyl (C=O) groups excluding carboxylic acids is 2. The SMILES string of the molecule is CCn1c(C)c(C)c2c(-c3ccc(F)cc3)c(C(OC(C)(C)C)C(=O)O)c(C)nc21.CCn1c(C)c(C)c2c(-c3ccc(F)cc3)c(C(OC(C)(C)C)C(=O)OC)c(C)nc21.CCn1c(C)c(C)c2c(Cl)c(C(OC(C)(C)C)C(=O)OC)c(C)nc21. The lowest BCUT2D eigenvalue weighted by Crippen LogP contribution is -2.29. The molecule has 2 aromatic carbocycles. The number of aromatic nitrogens is 6. The zero-order valence-electron chi connectivity index (χ0n) is 54.5. The Morgan fingerprint density at radius 2 is 0.767 bits per heavy atom. The van der Waals surface area contributed by atoms with Crippen LogP contribution in [0.15, 0.2) is 48.5 Å². The van der Waals surface area contributed by atoms with Crippen LogP contribution in [0.3, 0.4) is 0 Å². The molecular formula is C68H87ClF2N6O9. The van der Waals surface area contributed by atoms with E-state index in [-0.39, 0.29) is 11.6 Å². The number of fused-ring (bicyclic) bond motifs is 3. The molecule has 6 heterocycles. The predicted molar refractivity (Wildman–Crippen MR) is 337 cm³/mol. The van der Waals surface area contributed by atoms with Gasteiger partial charge in [0, 0.05) is 97.8 Å². The van der Waals surface area contributed by atoms with E-state index < -0.39 is 53.0 Å². The molecule has 8 rings (SSSR count). The smallest absolute Gasteiger partial charge is 0.339 e. The number of hydrogen-bond donors (Lipinski definition) is 1. The zero-order chi connectivity index (χ0) is 64.6. The molecule has 0 aliphatic carbocycles. The fourth-order valence-corrected chi connectivity index (χ4v) is 11.7. The highest BCUT2D eigenvalue weighted by atomic mass is 35.5. The van der Waals surface area contributed by atoms with E-state index in [0.717, 1.165) is 109 Å². The molecule has 3 atom stereocenters. The number of carboxylic acid groups (broad SMARTS) is 1. The van der Waals surface area contributed by atoms with Gasteiger partial charge in [-0.05, 0) is 197 Å². The summed E-state index contributed by atoms with van der Waals surface area (Å²) in [5.41, 5.74) is 13.9. The zero-order valence-corrected chi connectivity index (χ0v) is 55.3. The van der Waals surface area contributed by atoms with Gasteiger partial charge in [0.05, 0.1) is 36.0 Å². The van der Waals surface area contributed by atoms with Gasteiger partial charge < -0.3 is 42.5 Å². The summed E-state index contributed by atoms with van der Waals surface area (Å²) < 4.78 is 62.1. The van der Waals surface area contributed by atoms with Crippen LogP contribution in [0.4, 0.5) is 8.78 Å². The number of halogens is 3. The normalized spacial score (nSPS) is 13.1. The van der Waals surface area contributed by atoms with E-state index in [2.05, 4.69) is 55.2 Å². The van der Waals surface area contributed by atoms with E-state index in [1.165, 1.54) is 38.5 Å². The number of methoxy groups -OCH3 is 2. The van der Waals surface area contributed by atoms with Gasteiger partial charge in [-0.25, -0.2) is 38.1 Å². The minimum Gasteiger partial charge on any atom is -0.479 e. The van der Waals surface area contributed by atoms with Crippen molar-refractivity contribution in [3.05, 3.63) is 133 Å². The maximum Gasteiger partial charge on any atom is 0.339 e. The molecule has 86 heavy (non-hydrogen) atoms. The number of aryl methyl sites for hydroxylation is 9. The number of hydrogen-bond acceptors (Lipinski definition) is 11. The Labute approximate surface area is 510 Å². The highest BCUT2D eigenvalue weighted by molar-refractivity contribution is 6.36. The van der Waals surface area contributed by atoms with Crippen LogP contribution in [0, 0.1) is 73.9 Å². The van der Waals surface area contributed by atoms with E-state index in [0.29, 0.717) is 38.8 Å². The summed E-state index contributed by atoms with van der Waals surface area (Å²) in [5.74, 6) is -2.72. The summed E-state index contributed by atoms with van der Waals surface area (Å²) in [6.07, 6.45) is -3.09. The molecule has 0 aliphatic rings. The van der Waals surface area contributed by atoms with Crippen LogP contribution in [-0.4, -0.2) is 82.7 Å². The van der Waals surface area contributed by atoms with Gasteiger partial charge in [0.25, 0.3) is 0 Å². The highest BCUT2D eigenvalue weighted by Crippen LogP contribution is 2.45. The third-order valence-corrected chi connectivity index (χ3v) is 15.8. The molecule has 0 saturated carbocycles. The third-order valence-electron chi connectivity index (χ3n) is 15.4. The van der Waals surface area contributed by atoms with Gasteiger partial charge in [0.1, 0.15) is 28.6 Å². The fraction of sp³-hybridized carbons (Fsp3) is 0.471. The summed E-state index contributed by atoms with van der Waals surface area (Å²) in [6, 6.07) is 12.5. The first-order valence-electron chi connectivity index (χ1n) is 29.1. The molecule has 0 amide bonds. The maximum absolute atomic E-state index is 13.7. The highest BCUT2D eigenvalue weighted by Gasteiger charge is 2.37. The second-order valence-electron chi connectivity index (χ2n) is 24.6. The molecule has 0 bridgehead atoms. The minimum atomic E-state index is -1.20. The van der Waals surface area contributed by atoms with E-state index in [1.54, 1.807) is 31.2 Å². The van der Waals surface area contributed by atoms with Gasteiger partial charge in [-0.3, -0.25) is 0 Å². The molecule has 15 nitrogen and oxygen atoms in total. The van der Waals surface area contributed by atoms with Crippen LogP contribution in [0.5, 0.6) is 0 Å². The van der Waals surface area contributed by atoms with Crippen LogP contribution in [0.1, 0.15) is 169 Å². The van der Waals surface area contributed by atoms with Gasteiger partial charge in [0.2, 0.25) is 0 Å².